The van der Waals surface area contributed by atoms with E-state index in [-0.39, 0.29) is 11.2 Å². The highest BCUT2D eigenvalue weighted by Gasteiger charge is 2.51. The Labute approximate surface area is 197 Å². The molecule has 6 atom stereocenters. The molecular formula is C10H17N5O17P4. The lowest BCUT2D eigenvalue weighted by Crippen LogP contribution is -2.35. The third-order valence-corrected chi connectivity index (χ3v) is 8.45. The summed E-state index contributed by atoms with van der Waals surface area (Å²) in [7, 11) is -22.2. The fourth-order valence-corrected chi connectivity index (χ4v) is 6.32. The summed E-state index contributed by atoms with van der Waals surface area (Å²) in [4.78, 5) is 75.8. The maximum absolute atomic E-state index is 12.1. The number of aromatic nitrogens is 4. The summed E-state index contributed by atoms with van der Waals surface area (Å²) in [6.45, 7) is -1.16. The number of fused-ring (bicyclic) bond motifs is 1. The maximum Gasteiger partial charge on any atom is 0.481 e. The molecular weight excluding hydrogens is 586 g/mol. The molecule has 0 radical (unpaired) electrons. The molecule has 1 fully saturated rings. The second kappa shape index (κ2) is 10.0. The lowest BCUT2D eigenvalue weighted by Gasteiger charge is -2.23. The van der Waals surface area contributed by atoms with Gasteiger partial charge in [0.25, 0.3) is 5.56 Å². The number of aromatic amines is 1. The van der Waals surface area contributed by atoms with E-state index in [0.717, 1.165) is 10.9 Å². The standard InChI is InChI=1S/C10H17N5O17P4/c11-10-13-7-4(8(17)14-10)12-2-15(7)9-6(30-36(26,27)32-34(21,22)23)5(16)3(29-9)1-28-35(24,25)31-33(18,19)20/h2-3,5-6,9,16H,1H2,(H,24,25)(H,26,27)(H2,18,19,20)(H2,21,22,23)(H3,11,13,14,17)/t3-,5-,6-,9-/m1/s1. The van der Waals surface area contributed by atoms with Gasteiger partial charge in [0.1, 0.15) is 18.3 Å². The van der Waals surface area contributed by atoms with Crippen molar-refractivity contribution >= 4 is 48.4 Å². The molecule has 1 aliphatic rings. The zero-order valence-electron chi connectivity index (χ0n) is 17.0. The summed E-state index contributed by atoms with van der Waals surface area (Å²) in [6, 6.07) is 0. The van der Waals surface area contributed by atoms with Gasteiger partial charge in [0, 0.05) is 0 Å². The second-order valence-corrected chi connectivity index (χ2v) is 12.4. The molecule has 0 bridgehead atoms. The van der Waals surface area contributed by atoms with Gasteiger partial charge in [-0.05, 0) is 0 Å². The Hall–Kier alpha value is -1.41. The third-order valence-electron chi connectivity index (χ3n) is 4.11. The number of nitrogens with one attached hydrogen (secondary N) is 1. The first kappa shape index (κ1) is 29.2. The van der Waals surface area contributed by atoms with Crippen LogP contribution in [0.4, 0.5) is 5.95 Å². The van der Waals surface area contributed by atoms with Crippen LogP contribution in [0.5, 0.6) is 0 Å². The highest BCUT2D eigenvalue weighted by atomic mass is 31.3. The molecule has 22 nitrogen and oxygen atoms in total. The number of nitrogens with two attached hydrogens (primary N) is 1. The van der Waals surface area contributed by atoms with Crippen molar-refractivity contribution in [2.24, 2.45) is 0 Å². The Balaban J connectivity index is 1.96. The van der Waals surface area contributed by atoms with Crippen molar-refractivity contribution in [1.29, 1.82) is 0 Å². The molecule has 36 heavy (non-hydrogen) atoms. The average Bonchev–Trinajstić information content (AvgIpc) is 3.18. The van der Waals surface area contributed by atoms with E-state index in [4.69, 9.17) is 30.0 Å². The molecule has 3 heterocycles. The van der Waals surface area contributed by atoms with Crippen LogP contribution in [-0.2, 0) is 40.7 Å². The fraction of sp³-hybridized carbons (Fsp3) is 0.500. The summed E-state index contributed by atoms with van der Waals surface area (Å²) < 4.78 is 68.1. The number of H-pyrrole nitrogens is 1. The number of anilines is 1. The topological polar surface area (TPSA) is 346 Å². The summed E-state index contributed by atoms with van der Waals surface area (Å²) in [5.74, 6) is -0.418. The predicted molar refractivity (Wildman–Crippen MR) is 109 cm³/mol. The quantitative estimate of drug-likeness (QED) is 0.130. The largest absolute Gasteiger partial charge is 0.481 e. The van der Waals surface area contributed by atoms with Crippen LogP contribution in [0.3, 0.4) is 0 Å². The fourth-order valence-electron chi connectivity index (χ4n) is 2.96. The summed E-state index contributed by atoms with van der Waals surface area (Å²) in [5.41, 5.74) is 3.98. The Morgan fingerprint density at radius 2 is 1.64 bits per heavy atom. The van der Waals surface area contributed by atoms with Gasteiger partial charge >= 0.3 is 31.3 Å². The van der Waals surface area contributed by atoms with Gasteiger partial charge in [-0.25, -0.2) is 23.2 Å². The number of aliphatic hydroxyl groups is 1. The number of phosphoric acid groups is 4. The number of ether oxygens (including phenoxy) is 1. The van der Waals surface area contributed by atoms with Crippen molar-refractivity contribution in [3.8, 4) is 0 Å². The van der Waals surface area contributed by atoms with Gasteiger partial charge in [-0.3, -0.25) is 23.4 Å². The van der Waals surface area contributed by atoms with E-state index in [1.165, 1.54) is 0 Å². The van der Waals surface area contributed by atoms with Crippen LogP contribution in [-0.4, -0.2) is 78.9 Å². The highest BCUT2D eigenvalue weighted by molar-refractivity contribution is 7.61. The molecule has 3 rings (SSSR count). The van der Waals surface area contributed by atoms with Gasteiger partial charge in [-0.2, -0.15) is 13.6 Å². The van der Waals surface area contributed by atoms with Crippen molar-refractivity contribution in [3.63, 3.8) is 0 Å². The van der Waals surface area contributed by atoms with Gasteiger partial charge in [-0.1, -0.05) is 0 Å². The lowest BCUT2D eigenvalue weighted by atomic mass is 10.1. The Bertz CT molecular complexity index is 1380. The number of nitrogen functional groups attached to an aromatic ring is 1. The number of phosphoric ester groups is 2. The minimum Gasteiger partial charge on any atom is -0.387 e. The smallest absolute Gasteiger partial charge is 0.387 e. The first-order chi connectivity index (χ1) is 16.3. The minimum absolute atomic E-state index is 0.329. The van der Waals surface area contributed by atoms with E-state index >= 15 is 0 Å². The van der Waals surface area contributed by atoms with E-state index in [2.05, 4.69) is 32.6 Å². The van der Waals surface area contributed by atoms with E-state index in [1.54, 1.807) is 0 Å². The molecule has 1 saturated heterocycles. The van der Waals surface area contributed by atoms with Gasteiger partial charge in [0.05, 0.1) is 12.9 Å². The zero-order chi connectivity index (χ0) is 27.3. The highest BCUT2D eigenvalue weighted by Crippen LogP contribution is 2.60. The molecule has 0 aromatic carbocycles. The summed E-state index contributed by atoms with van der Waals surface area (Å²) in [6.07, 6.45) is -6.95. The Kier molecular flexibility index (Phi) is 8.14. The molecule has 1 aliphatic heterocycles. The van der Waals surface area contributed by atoms with Crippen LogP contribution >= 0.6 is 31.3 Å². The molecule has 0 spiro atoms. The van der Waals surface area contributed by atoms with Crippen molar-refractivity contribution in [3.05, 3.63) is 16.7 Å². The number of rotatable bonds is 10. The SMILES string of the molecule is Nc1nc2c(ncn2[C@@H]2O[C@H](COP(=O)(O)OP(=O)(O)O)[C@@H](O)[C@H]2OP(=O)(O)OP(=O)(O)O)c(=O)[nH]1. The van der Waals surface area contributed by atoms with E-state index in [0.29, 0.717) is 0 Å². The van der Waals surface area contributed by atoms with Gasteiger partial charge in [0.2, 0.25) is 5.95 Å². The summed E-state index contributed by atoms with van der Waals surface area (Å²) >= 11 is 0. The Morgan fingerprint density at radius 1 is 1.06 bits per heavy atom. The second-order valence-electron chi connectivity index (χ2n) is 6.78. The van der Waals surface area contributed by atoms with Crippen LogP contribution in [0.1, 0.15) is 6.23 Å². The molecule has 2 unspecified atom stereocenters. The molecule has 0 amide bonds. The average molecular weight is 603 g/mol. The Morgan fingerprint density at radius 3 is 2.22 bits per heavy atom. The van der Waals surface area contributed by atoms with Crippen LogP contribution < -0.4 is 11.3 Å². The normalized spacial score (nSPS) is 26.6. The lowest BCUT2D eigenvalue weighted by molar-refractivity contribution is -0.0497. The van der Waals surface area contributed by atoms with Crippen LogP contribution in [0, 0.1) is 0 Å². The first-order valence-corrected chi connectivity index (χ1v) is 14.9. The van der Waals surface area contributed by atoms with Gasteiger partial charge < -0.3 is 44.9 Å². The molecule has 204 valence electrons. The molecule has 0 saturated carbocycles. The molecule has 2 aromatic heterocycles. The monoisotopic (exact) mass is 603 g/mol. The number of hydrogen-bond donors (Lipinski definition) is 9. The maximum atomic E-state index is 12.1. The van der Waals surface area contributed by atoms with Crippen LogP contribution in [0.15, 0.2) is 11.1 Å². The molecule has 10 N–H and O–H groups in total. The molecule has 2 aromatic rings. The van der Waals surface area contributed by atoms with Crippen molar-refractivity contribution in [2.45, 2.75) is 24.5 Å². The van der Waals surface area contributed by atoms with E-state index < -0.39 is 73.9 Å². The van der Waals surface area contributed by atoms with Crippen molar-refractivity contribution < 1.29 is 75.1 Å². The first-order valence-electron chi connectivity index (χ1n) is 8.85. The number of aliphatic hydroxyl groups excluding tert-OH is 1. The summed E-state index contributed by atoms with van der Waals surface area (Å²) in [5, 5.41) is 10.6. The molecule has 0 aliphatic carbocycles. The van der Waals surface area contributed by atoms with Crippen LogP contribution in [0.25, 0.3) is 11.2 Å². The van der Waals surface area contributed by atoms with Gasteiger partial charge in [-0.15, -0.1) is 0 Å². The minimum atomic E-state index is -5.65. The zero-order valence-corrected chi connectivity index (χ0v) is 20.6. The number of imidazole rings is 1. The predicted octanol–water partition coefficient (Wildman–Crippen LogP) is -2.22. The number of hydrogen-bond acceptors (Lipinski definition) is 14. The van der Waals surface area contributed by atoms with E-state index in [1.807, 2.05) is 0 Å². The number of nitrogens with zero attached hydrogens (tertiary/aromatic N) is 3. The van der Waals surface area contributed by atoms with Crippen molar-refractivity contribution in [2.75, 3.05) is 12.3 Å². The van der Waals surface area contributed by atoms with Crippen molar-refractivity contribution in [1.82, 2.24) is 19.5 Å². The third kappa shape index (κ3) is 7.33. The van der Waals surface area contributed by atoms with Crippen LogP contribution in [0.2, 0.25) is 0 Å². The molecule has 26 heteroatoms. The van der Waals surface area contributed by atoms with Gasteiger partial charge in [0.15, 0.2) is 17.4 Å². The van der Waals surface area contributed by atoms with E-state index in [9.17, 15) is 37.9 Å².